The average Bonchev–Trinajstić information content (AvgIpc) is 2.28. The maximum absolute atomic E-state index is 9.73. The Morgan fingerprint density at radius 2 is 1.78 bits per heavy atom. The number of aliphatic hydroxyl groups is 6. The summed E-state index contributed by atoms with van der Waals surface area (Å²) >= 11 is 0. The second-order valence-electron chi connectivity index (χ2n) is 3.91. The van der Waals surface area contributed by atoms with Crippen LogP contribution in [-0.2, 0) is 14.2 Å². The summed E-state index contributed by atoms with van der Waals surface area (Å²) in [6.07, 6.45) is -5.70. The van der Waals surface area contributed by atoms with Crippen molar-refractivity contribution in [3.63, 3.8) is 0 Å². The maximum Gasteiger partial charge on any atom is 0.273 e. The highest BCUT2D eigenvalue weighted by Gasteiger charge is 2.44. The van der Waals surface area contributed by atoms with Gasteiger partial charge < -0.3 is 40.1 Å². The van der Waals surface area contributed by atoms with E-state index < -0.39 is 50.1 Å². The van der Waals surface area contributed by atoms with Crippen molar-refractivity contribution in [1.29, 1.82) is 0 Å². The highest BCUT2D eigenvalue weighted by molar-refractivity contribution is 4.91. The molecule has 108 valence electrons. The van der Waals surface area contributed by atoms with Crippen LogP contribution in [0.1, 0.15) is 6.92 Å². The zero-order chi connectivity index (χ0) is 13.9. The van der Waals surface area contributed by atoms with Crippen molar-refractivity contribution in [2.45, 2.75) is 50.4 Å². The van der Waals surface area contributed by atoms with Gasteiger partial charge in [-0.05, 0) is 6.92 Å². The van der Waals surface area contributed by atoms with E-state index >= 15 is 0 Å². The monoisotopic (exact) mass is 270 g/mol. The maximum atomic E-state index is 9.73. The molecule has 0 saturated carbocycles. The smallest absolute Gasteiger partial charge is 0.273 e. The van der Waals surface area contributed by atoms with Crippen LogP contribution in [0.5, 0.6) is 0 Å². The van der Waals surface area contributed by atoms with Gasteiger partial charge in [-0.15, -0.1) is 0 Å². The summed E-state index contributed by atoms with van der Waals surface area (Å²) in [5.74, 6) is 0. The number of hydrogen-bond donors (Lipinski definition) is 6. The molecule has 1 saturated heterocycles. The van der Waals surface area contributed by atoms with E-state index in [-0.39, 0.29) is 0 Å². The van der Waals surface area contributed by atoms with Crippen LogP contribution in [0.25, 0.3) is 0 Å². The summed E-state index contributed by atoms with van der Waals surface area (Å²) in [5.41, 5.74) is 0. The first-order valence-corrected chi connectivity index (χ1v) is 5.34. The van der Waals surface area contributed by atoms with Gasteiger partial charge in [-0.1, -0.05) is 0 Å². The van der Waals surface area contributed by atoms with E-state index in [0.29, 0.717) is 0 Å². The molecule has 1 aliphatic heterocycles. The highest BCUT2D eigenvalue weighted by atomic mass is 16.9. The van der Waals surface area contributed by atoms with Gasteiger partial charge in [0.1, 0.15) is 24.4 Å². The summed E-state index contributed by atoms with van der Waals surface area (Å²) in [4.78, 5) is 0. The van der Waals surface area contributed by atoms with Crippen LogP contribution >= 0.6 is 0 Å². The molecule has 9 heteroatoms. The van der Waals surface area contributed by atoms with Crippen LogP contribution in [-0.4, -0.2) is 80.7 Å². The van der Waals surface area contributed by atoms with Crippen LogP contribution in [0, 0.1) is 0 Å². The van der Waals surface area contributed by atoms with Crippen molar-refractivity contribution in [2.75, 3.05) is 6.61 Å². The molecule has 9 nitrogen and oxygen atoms in total. The largest absolute Gasteiger partial charge is 0.394 e. The van der Waals surface area contributed by atoms with Gasteiger partial charge in [0.25, 0.3) is 13.0 Å². The van der Waals surface area contributed by atoms with Crippen molar-refractivity contribution in [2.24, 2.45) is 0 Å². The first-order valence-electron chi connectivity index (χ1n) is 5.34. The van der Waals surface area contributed by atoms with Gasteiger partial charge in [0, 0.05) is 0 Å². The van der Waals surface area contributed by atoms with Gasteiger partial charge in [-0.2, -0.15) is 0 Å². The molecular weight excluding hydrogens is 252 g/mol. The molecule has 1 fully saturated rings. The van der Waals surface area contributed by atoms with Crippen LogP contribution in [0.3, 0.4) is 0 Å². The Bertz CT molecular complexity index is 246. The third kappa shape index (κ3) is 3.82. The molecule has 6 N–H and O–H groups in total. The molecule has 0 aromatic rings. The Hall–Kier alpha value is -0.360. The molecule has 0 aromatic heterocycles. The van der Waals surface area contributed by atoms with E-state index in [1.165, 1.54) is 6.92 Å². The fourth-order valence-corrected chi connectivity index (χ4v) is 1.71. The molecule has 1 rings (SSSR count). The predicted molar refractivity (Wildman–Crippen MR) is 53.6 cm³/mol. The molecule has 0 radical (unpaired) electrons. The summed E-state index contributed by atoms with van der Waals surface area (Å²) in [6.45, 7) is -3.34. The van der Waals surface area contributed by atoms with Gasteiger partial charge in [0.15, 0.2) is 0 Å². The first-order chi connectivity index (χ1) is 8.36. The Labute approximate surface area is 103 Å². The van der Waals surface area contributed by atoms with Gasteiger partial charge in [-0.3, -0.25) is 4.74 Å². The number of hydrogen-bond acceptors (Lipinski definition) is 9. The van der Waals surface area contributed by atoms with Crippen LogP contribution in [0.15, 0.2) is 0 Å². The quantitative estimate of drug-likeness (QED) is 0.279. The van der Waals surface area contributed by atoms with Crippen molar-refractivity contribution in [3.05, 3.63) is 0 Å². The van der Waals surface area contributed by atoms with Crippen molar-refractivity contribution < 1.29 is 44.8 Å². The molecule has 6 atom stereocenters. The molecule has 18 heavy (non-hydrogen) atoms. The molecule has 0 aliphatic carbocycles. The second kappa shape index (κ2) is 6.70. The van der Waals surface area contributed by atoms with Crippen molar-refractivity contribution >= 4 is 0 Å². The van der Waals surface area contributed by atoms with Gasteiger partial charge in [0.2, 0.25) is 0 Å². The SMILES string of the molecule is C[C@@H]1OC(CO)[C@@H](OC(O)OC(O)O)C(O)C1O. The molecule has 4 unspecified atom stereocenters. The van der Waals surface area contributed by atoms with E-state index in [1.807, 2.05) is 0 Å². The average molecular weight is 270 g/mol. The fraction of sp³-hybridized carbons (Fsp3) is 1.00. The Balaban J connectivity index is 2.64. The lowest BCUT2D eigenvalue weighted by Crippen LogP contribution is -2.59. The van der Waals surface area contributed by atoms with E-state index in [4.69, 9.17) is 29.9 Å². The molecule has 0 amide bonds. The minimum Gasteiger partial charge on any atom is -0.394 e. The molecule has 1 aliphatic rings. The lowest BCUT2D eigenvalue weighted by Gasteiger charge is -2.41. The summed E-state index contributed by atoms with van der Waals surface area (Å²) in [5, 5.41) is 54.4. The summed E-state index contributed by atoms with van der Waals surface area (Å²) in [6, 6.07) is 0. The van der Waals surface area contributed by atoms with E-state index in [1.54, 1.807) is 0 Å². The minimum absolute atomic E-state index is 0.521. The van der Waals surface area contributed by atoms with Crippen LogP contribution in [0.2, 0.25) is 0 Å². The summed E-state index contributed by atoms with van der Waals surface area (Å²) in [7, 11) is 0. The van der Waals surface area contributed by atoms with Gasteiger partial charge >= 0.3 is 0 Å². The lowest BCUT2D eigenvalue weighted by molar-refractivity contribution is -0.393. The Morgan fingerprint density at radius 1 is 1.17 bits per heavy atom. The third-order valence-electron chi connectivity index (χ3n) is 2.61. The van der Waals surface area contributed by atoms with Gasteiger partial charge in [0.05, 0.1) is 12.7 Å². The molecule has 1 heterocycles. The van der Waals surface area contributed by atoms with Crippen molar-refractivity contribution in [1.82, 2.24) is 0 Å². The normalized spacial score (nSPS) is 39.0. The molecule has 0 bridgehead atoms. The standard InChI is InChI=1S/C9H18O9/c1-3-5(11)6(12)7(4(2-10)16-3)17-9(15)18-8(13)14/h3-15H,2H2,1H3/t3-,4?,5?,6?,7+,9?/m0/s1. The molecular formula is C9H18O9. The van der Waals surface area contributed by atoms with Gasteiger partial charge in [-0.25, -0.2) is 0 Å². The zero-order valence-electron chi connectivity index (χ0n) is 9.66. The molecule has 0 aromatic carbocycles. The first kappa shape index (κ1) is 15.7. The van der Waals surface area contributed by atoms with E-state index in [2.05, 4.69) is 4.74 Å². The van der Waals surface area contributed by atoms with Crippen molar-refractivity contribution in [3.8, 4) is 0 Å². The minimum atomic E-state index is -2.27. The number of aliphatic hydroxyl groups excluding tert-OH is 5. The Kier molecular flexibility index (Phi) is 5.85. The zero-order valence-corrected chi connectivity index (χ0v) is 9.66. The number of ether oxygens (including phenoxy) is 3. The second-order valence-corrected chi connectivity index (χ2v) is 3.91. The lowest BCUT2D eigenvalue weighted by atomic mass is 9.96. The van der Waals surface area contributed by atoms with E-state index in [9.17, 15) is 10.2 Å². The highest BCUT2D eigenvalue weighted by Crippen LogP contribution is 2.24. The summed E-state index contributed by atoms with van der Waals surface area (Å²) < 4.78 is 14.0. The molecule has 0 spiro atoms. The number of rotatable bonds is 5. The fourth-order valence-electron chi connectivity index (χ4n) is 1.71. The van der Waals surface area contributed by atoms with E-state index in [0.717, 1.165) is 0 Å². The van der Waals surface area contributed by atoms with Crippen LogP contribution < -0.4 is 0 Å². The van der Waals surface area contributed by atoms with Crippen LogP contribution in [0.4, 0.5) is 0 Å². The third-order valence-corrected chi connectivity index (χ3v) is 2.61. The topological polar surface area (TPSA) is 149 Å². The Morgan fingerprint density at radius 3 is 2.28 bits per heavy atom. The predicted octanol–water partition coefficient (Wildman–Crippen LogP) is -3.57.